The van der Waals surface area contributed by atoms with Gasteiger partial charge in [-0.25, -0.2) is 9.78 Å². The fourth-order valence-corrected chi connectivity index (χ4v) is 1.61. The lowest BCUT2D eigenvalue weighted by Gasteiger charge is -2.19. The van der Waals surface area contributed by atoms with Crippen LogP contribution < -0.4 is 10.6 Å². The standard InChI is InChI=1S/C14H22BrN3O3/c1-14(2,3)21-13(19)17-7-9-20-8-6-16-12-5-4-11(15)10-18-12/h4-5,10H,6-9H2,1-3H3,(H,16,18)(H,17,19). The van der Waals surface area contributed by atoms with Gasteiger partial charge in [0.15, 0.2) is 0 Å². The third-order valence-electron chi connectivity index (χ3n) is 2.19. The van der Waals surface area contributed by atoms with Crippen molar-refractivity contribution in [2.45, 2.75) is 26.4 Å². The molecule has 6 nitrogen and oxygen atoms in total. The van der Waals surface area contributed by atoms with E-state index in [1.807, 2.05) is 32.9 Å². The molecule has 0 aromatic carbocycles. The van der Waals surface area contributed by atoms with Crippen LogP contribution in [0.3, 0.4) is 0 Å². The predicted molar refractivity (Wildman–Crippen MR) is 85.5 cm³/mol. The average molecular weight is 360 g/mol. The molecule has 0 unspecified atom stereocenters. The zero-order valence-electron chi connectivity index (χ0n) is 12.6. The third kappa shape index (κ3) is 9.25. The highest BCUT2D eigenvalue weighted by Gasteiger charge is 2.15. The van der Waals surface area contributed by atoms with Crippen molar-refractivity contribution in [3.8, 4) is 0 Å². The van der Waals surface area contributed by atoms with Crippen molar-refractivity contribution >= 4 is 27.8 Å². The molecule has 1 heterocycles. The fraction of sp³-hybridized carbons (Fsp3) is 0.571. The number of alkyl carbamates (subject to hydrolysis) is 1. The van der Waals surface area contributed by atoms with Crippen molar-refractivity contribution in [3.63, 3.8) is 0 Å². The SMILES string of the molecule is CC(C)(C)OC(=O)NCCOCCNc1ccc(Br)cn1. The minimum absolute atomic E-state index is 0.422. The molecule has 1 aromatic rings. The first-order valence-corrected chi connectivity index (χ1v) is 7.56. The molecule has 0 fully saturated rings. The van der Waals surface area contributed by atoms with E-state index in [4.69, 9.17) is 9.47 Å². The minimum Gasteiger partial charge on any atom is -0.444 e. The first kappa shape index (κ1) is 17.7. The van der Waals surface area contributed by atoms with Crippen LogP contribution in [0.25, 0.3) is 0 Å². The van der Waals surface area contributed by atoms with Crippen LogP contribution in [-0.2, 0) is 9.47 Å². The topological polar surface area (TPSA) is 72.5 Å². The Bertz CT molecular complexity index is 432. The highest BCUT2D eigenvalue weighted by molar-refractivity contribution is 9.10. The van der Waals surface area contributed by atoms with Crippen LogP contribution in [0, 0.1) is 0 Å². The fourth-order valence-electron chi connectivity index (χ4n) is 1.37. The normalized spacial score (nSPS) is 11.0. The van der Waals surface area contributed by atoms with Crippen LogP contribution in [0.4, 0.5) is 10.6 Å². The molecular formula is C14H22BrN3O3. The number of carbonyl (C=O) groups is 1. The van der Waals surface area contributed by atoms with Gasteiger partial charge in [0.25, 0.3) is 0 Å². The van der Waals surface area contributed by atoms with Gasteiger partial charge in [-0.2, -0.15) is 0 Å². The van der Waals surface area contributed by atoms with E-state index in [0.717, 1.165) is 10.3 Å². The van der Waals surface area contributed by atoms with Crippen molar-refractivity contribution in [1.29, 1.82) is 0 Å². The van der Waals surface area contributed by atoms with Crippen LogP contribution in [0.15, 0.2) is 22.8 Å². The Kier molecular flexibility index (Phi) is 7.45. The predicted octanol–water partition coefficient (Wildman–Crippen LogP) is 2.80. The first-order chi connectivity index (χ1) is 9.87. The summed E-state index contributed by atoms with van der Waals surface area (Å²) in [5.74, 6) is 0.800. The zero-order chi connectivity index (χ0) is 15.7. The van der Waals surface area contributed by atoms with Crippen molar-refractivity contribution in [2.24, 2.45) is 0 Å². The molecule has 118 valence electrons. The lowest BCUT2D eigenvalue weighted by Crippen LogP contribution is -2.34. The van der Waals surface area contributed by atoms with E-state index >= 15 is 0 Å². The maximum atomic E-state index is 11.3. The average Bonchev–Trinajstić information content (AvgIpc) is 2.37. The zero-order valence-corrected chi connectivity index (χ0v) is 14.2. The largest absolute Gasteiger partial charge is 0.444 e. The van der Waals surface area contributed by atoms with Gasteiger partial charge in [-0.15, -0.1) is 0 Å². The van der Waals surface area contributed by atoms with Gasteiger partial charge in [0.1, 0.15) is 11.4 Å². The molecule has 0 atom stereocenters. The summed E-state index contributed by atoms with van der Waals surface area (Å²) in [6.45, 7) is 7.52. The number of carbonyl (C=O) groups excluding carboxylic acids is 1. The monoisotopic (exact) mass is 359 g/mol. The lowest BCUT2D eigenvalue weighted by atomic mass is 10.2. The van der Waals surface area contributed by atoms with Crippen LogP contribution in [0.5, 0.6) is 0 Å². The smallest absolute Gasteiger partial charge is 0.407 e. The highest BCUT2D eigenvalue weighted by atomic mass is 79.9. The molecule has 1 aromatic heterocycles. The molecule has 0 aliphatic carbocycles. The Hall–Kier alpha value is -1.34. The second-order valence-corrected chi connectivity index (χ2v) is 6.25. The van der Waals surface area contributed by atoms with Crippen LogP contribution in [-0.4, -0.2) is 43.0 Å². The number of halogens is 1. The van der Waals surface area contributed by atoms with Crippen LogP contribution in [0.1, 0.15) is 20.8 Å². The van der Waals surface area contributed by atoms with E-state index in [1.165, 1.54) is 0 Å². The van der Waals surface area contributed by atoms with Gasteiger partial charge in [-0.3, -0.25) is 0 Å². The number of nitrogens with zero attached hydrogens (tertiary/aromatic N) is 1. The van der Waals surface area contributed by atoms with Gasteiger partial charge in [-0.05, 0) is 48.8 Å². The molecule has 0 aliphatic heterocycles. The summed E-state index contributed by atoms with van der Waals surface area (Å²) in [6.07, 6.45) is 1.30. The van der Waals surface area contributed by atoms with Crippen molar-refractivity contribution in [3.05, 3.63) is 22.8 Å². The maximum Gasteiger partial charge on any atom is 0.407 e. The Morgan fingerprint density at radius 1 is 1.29 bits per heavy atom. The number of hydrogen-bond acceptors (Lipinski definition) is 5. The summed E-state index contributed by atoms with van der Waals surface area (Å²) in [7, 11) is 0. The van der Waals surface area contributed by atoms with Gasteiger partial charge in [0, 0.05) is 23.8 Å². The van der Waals surface area contributed by atoms with E-state index < -0.39 is 11.7 Å². The van der Waals surface area contributed by atoms with Crippen molar-refractivity contribution < 1.29 is 14.3 Å². The number of aromatic nitrogens is 1. The van der Waals surface area contributed by atoms with E-state index in [-0.39, 0.29) is 0 Å². The third-order valence-corrected chi connectivity index (χ3v) is 2.66. The van der Waals surface area contributed by atoms with Crippen molar-refractivity contribution in [2.75, 3.05) is 31.6 Å². The van der Waals surface area contributed by atoms with E-state index in [2.05, 4.69) is 31.5 Å². The summed E-state index contributed by atoms with van der Waals surface area (Å²) in [5.41, 5.74) is -0.480. The summed E-state index contributed by atoms with van der Waals surface area (Å²) in [4.78, 5) is 15.5. The highest BCUT2D eigenvalue weighted by Crippen LogP contribution is 2.09. The van der Waals surface area contributed by atoms with Gasteiger partial charge in [0.2, 0.25) is 0 Å². The number of ether oxygens (including phenoxy) is 2. The number of amides is 1. The first-order valence-electron chi connectivity index (χ1n) is 6.77. The van der Waals surface area contributed by atoms with E-state index in [0.29, 0.717) is 26.3 Å². The Labute approximate surface area is 133 Å². The molecule has 0 radical (unpaired) electrons. The second kappa shape index (κ2) is 8.84. The molecule has 21 heavy (non-hydrogen) atoms. The molecule has 7 heteroatoms. The van der Waals surface area contributed by atoms with E-state index in [1.54, 1.807) is 6.20 Å². The minimum atomic E-state index is -0.480. The van der Waals surface area contributed by atoms with Gasteiger partial charge in [-0.1, -0.05) is 0 Å². The quantitative estimate of drug-likeness (QED) is 0.732. The number of nitrogens with one attached hydrogen (secondary N) is 2. The molecular weight excluding hydrogens is 338 g/mol. The number of hydrogen-bond donors (Lipinski definition) is 2. The van der Waals surface area contributed by atoms with Crippen molar-refractivity contribution in [1.82, 2.24) is 10.3 Å². The number of rotatable bonds is 7. The molecule has 0 aliphatic rings. The Balaban J connectivity index is 2.00. The number of anilines is 1. The van der Waals surface area contributed by atoms with Crippen LogP contribution in [0.2, 0.25) is 0 Å². The van der Waals surface area contributed by atoms with Gasteiger partial charge >= 0.3 is 6.09 Å². The maximum absolute atomic E-state index is 11.3. The lowest BCUT2D eigenvalue weighted by molar-refractivity contribution is 0.0502. The summed E-state index contributed by atoms with van der Waals surface area (Å²) < 4.78 is 11.4. The Morgan fingerprint density at radius 2 is 2.00 bits per heavy atom. The van der Waals surface area contributed by atoms with Gasteiger partial charge < -0.3 is 20.1 Å². The Morgan fingerprint density at radius 3 is 2.62 bits per heavy atom. The van der Waals surface area contributed by atoms with E-state index in [9.17, 15) is 4.79 Å². The van der Waals surface area contributed by atoms with Crippen LogP contribution >= 0.6 is 15.9 Å². The second-order valence-electron chi connectivity index (χ2n) is 5.33. The molecule has 0 saturated heterocycles. The molecule has 0 bridgehead atoms. The number of pyridine rings is 1. The molecule has 2 N–H and O–H groups in total. The molecule has 1 rings (SSSR count). The molecule has 0 saturated carbocycles. The summed E-state index contributed by atoms with van der Waals surface area (Å²) >= 11 is 3.33. The summed E-state index contributed by atoms with van der Waals surface area (Å²) in [6, 6.07) is 3.80. The summed E-state index contributed by atoms with van der Waals surface area (Å²) in [5, 5.41) is 5.76. The van der Waals surface area contributed by atoms with Gasteiger partial charge in [0.05, 0.1) is 13.2 Å². The molecule has 0 spiro atoms. The molecule has 1 amide bonds.